The summed E-state index contributed by atoms with van der Waals surface area (Å²) >= 11 is 0. The molecule has 0 aliphatic carbocycles. The van der Waals surface area contributed by atoms with Crippen LogP contribution in [0, 0.1) is 0 Å². The SMILES string of the molecule is CCCOCCOCCOCCOCCOc1ccc(N2CCNCC2)cc1. The Kier molecular flexibility index (Phi) is 12.7. The van der Waals surface area contributed by atoms with Crippen LogP contribution >= 0.6 is 0 Å². The normalized spacial score (nSPS) is 14.4. The van der Waals surface area contributed by atoms with Crippen LogP contribution in [0.3, 0.4) is 0 Å². The molecule has 1 heterocycles. The minimum Gasteiger partial charge on any atom is -0.491 e. The molecular formula is C21H36N2O5. The number of anilines is 1. The first kappa shape index (κ1) is 22.9. The maximum atomic E-state index is 5.72. The number of hydrogen-bond acceptors (Lipinski definition) is 7. The van der Waals surface area contributed by atoms with Crippen LogP contribution in [-0.2, 0) is 18.9 Å². The van der Waals surface area contributed by atoms with Crippen LogP contribution in [0.2, 0.25) is 0 Å². The maximum Gasteiger partial charge on any atom is 0.119 e. The summed E-state index contributed by atoms with van der Waals surface area (Å²) in [4.78, 5) is 2.38. The molecule has 1 fully saturated rings. The summed E-state index contributed by atoms with van der Waals surface area (Å²) in [5, 5.41) is 3.37. The molecule has 1 saturated heterocycles. The van der Waals surface area contributed by atoms with Crippen LogP contribution in [0.15, 0.2) is 24.3 Å². The van der Waals surface area contributed by atoms with Gasteiger partial charge in [-0.25, -0.2) is 0 Å². The number of nitrogens with zero attached hydrogens (tertiary/aromatic N) is 1. The molecule has 0 spiro atoms. The molecule has 0 aromatic heterocycles. The smallest absolute Gasteiger partial charge is 0.119 e. The Morgan fingerprint density at radius 2 is 1.21 bits per heavy atom. The van der Waals surface area contributed by atoms with Crippen LogP contribution in [0.5, 0.6) is 5.75 Å². The Hall–Kier alpha value is -1.38. The van der Waals surface area contributed by atoms with E-state index in [0.29, 0.717) is 52.9 Å². The second-order valence-corrected chi connectivity index (χ2v) is 6.53. The zero-order valence-electron chi connectivity index (χ0n) is 17.2. The average molecular weight is 397 g/mol. The predicted octanol–water partition coefficient (Wildman–Crippen LogP) is 1.95. The van der Waals surface area contributed by atoms with E-state index in [1.165, 1.54) is 5.69 Å². The molecule has 7 heteroatoms. The standard InChI is InChI=1S/C21H36N2O5/c1-2-11-24-12-13-25-14-15-26-16-17-27-18-19-28-21-5-3-20(4-6-21)23-9-7-22-8-10-23/h3-6,22H,2,7-19H2,1H3. The van der Waals surface area contributed by atoms with Crippen molar-refractivity contribution in [3.8, 4) is 5.75 Å². The Morgan fingerprint density at radius 3 is 1.75 bits per heavy atom. The molecule has 1 aromatic rings. The van der Waals surface area contributed by atoms with E-state index < -0.39 is 0 Å². The molecule has 0 bridgehead atoms. The monoisotopic (exact) mass is 396 g/mol. The van der Waals surface area contributed by atoms with E-state index in [2.05, 4.69) is 29.3 Å². The lowest BCUT2D eigenvalue weighted by atomic mass is 10.2. The van der Waals surface area contributed by atoms with Crippen molar-refractivity contribution in [3.63, 3.8) is 0 Å². The molecule has 160 valence electrons. The highest BCUT2D eigenvalue weighted by Crippen LogP contribution is 2.19. The number of benzene rings is 1. The summed E-state index contributed by atoms with van der Waals surface area (Å²) in [7, 11) is 0. The molecule has 0 radical (unpaired) electrons. The molecule has 1 aliphatic heterocycles. The van der Waals surface area contributed by atoms with E-state index in [-0.39, 0.29) is 0 Å². The minimum absolute atomic E-state index is 0.536. The van der Waals surface area contributed by atoms with Gasteiger partial charge in [-0.15, -0.1) is 0 Å². The van der Waals surface area contributed by atoms with Gasteiger partial charge in [0.2, 0.25) is 0 Å². The number of piperazine rings is 1. The van der Waals surface area contributed by atoms with E-state index in [4.69, 9.17) is 23.7 Å². The molecule has 28 heavy (non-hydrogen) atoms. The first-order chi connectivity index (χ1) is 13.9. The highest BCUT2D eigenvalue weighted by molar-refractivity contribution is 5.49. The maximum absolute atomic E-state index is 5.72. The van der Waals surface area contributed by atoms with Gasteiger partial charge in [0.05, 0.1) is 46.2 Å². The van der Waals surface area contributed by atoms with Crippen molar-refractivity contribution in [2.45, 2.75) is 13.3 Å². The van der Waals surface area contributed by atoms with Crippen LogP contribution in [0.4, 0.5) is 5.69 Å². The molecule has 2 rings (SSSR count). The fourth-order valence-corrected chi connectivity index (χ4v) is 2.80. The van der Waals surface area contributed by atoms with Crippen molar-refractivity contribution in [3.05, 3.63) is 24.3 Å². The molecule has 1 aliphatic rings. The van der Waals surface area contributed by atoms with Crippen LogP contribution in [0.25, 0.3) is 0 Å². The molecule has 1 aromatic carbocycles. The van der Waals surface area contributed by atoms with Gasteiger partial charge in [-0.3, -0.25) is 0 Å². The van der Waals surface area contributed by atoms with Gasteiger partial charge < -0.3 is 33.9 Å². The molecule has 1 N–H and O–H groups in total. The van der Waals surface area contributed by atoms with Gasteiger partial charge in [-0.1, -0.05) is 6.92 Å². The van der Waals surface area contributed by atoms with Crippen LogP contribution in [-0.4, -0.2) is 85.6 Å². The lowest BCUT2D eigenvalue weighted by molar-refractivity contribution is -0.00450. The Bertz CT molecular complexity index is 480. The predicted molar refractivity (Wildman–Crippen MR) is 111 cm³/mol. The number of rotatable bonds is 16. The molecule has 7 nitrogen and oxygen atoms in total. The fraction of sp³-hybridized carbons (Fsp3) is 0.714. The summed E-state index contributed by atoms with van der Waals surface area (Å²) in [5.74, 6) is 0.874. The number of nitrogens with one attached hydrogen (secondary N) is 1. The second-order valence-electron chi connectivity index (χ2n) is 6.53. The summed E-state index contributed by atoms with van der Waals surface area (Å²) in [6.07, 6.45) is 1.04. The van der Waals surface area contributed by atoms with Crippen LogP contribution in [0.1, 0.15) is 13.3 Å². The van der Waals surface area contributed by atoms with Gasteiger partial charge in [-0.05, 0) is 30.7 Å². The minimum atomic E-state index is 0.536. The first-order valence-corrected chi connectivity index (χ1v) is 10.4. The second kappa shape index (κ2) is 15.5. The van der Waals surface area contributed by atoms with Gasteiger partial charge in [0.25, 0.3) is 0 Å². The highest BCUT2D eigenvalue weighted by atomic mass is 16.6. The molecular weight excluding hydrogens is 360 g/mol. The third-order valence-electron chi connectivity index (χ3n) is 4.28. The Morgan fingerprint density at radius 1 is 0.714 bits per heavy atom. The van der Waals surface area contributed by atoms with Gasteiger partial charge in [-0.2, -0.15) is 0 Å². The Labute approximate surface area is 169 Å². The zero-order valence-corrected chi connectivity index (χ0v) is 17.2. The van der Waals surface area contributed by atoms with Crippen molar-refractivity contribution in [1.82, 2.24) is 5.32 Å². The summed E-state index contributed by atoms with van der Waals surface area (Å²) in [6.45, 7) is 11.7. The quantitative estimate of drug-likeness (QED) is 0.429. The van der Waals surface area contributed by atoms with Crippen molar-refractivity contribution in [2.75, 3.05) is 90.5 Å². The summed E-state index contributed by atoms with van der Waals surface area (Å²) in [5.41, 5.74) is 1.25. The summed E-state index contributed by atoms with van der Waals surface area (Å²) < 4.78 is 27.4. The van der Waals surface area contributed by atoms with E-state index in [1.807, 2.05) is 12.1 Å². The van der Waals surface area contributed by atoms with Crippen molar-refractivity contribution in [2.24, 2.45) is 0 Å². The molecule has 0 amide bonds. The fourth-order valence-electron chi connectivity index (χ4n) is 2.80. The van der Waals surface area contributed by atoms with Crippen molar-refractivity contribution in [1.29, 1.82) is 0 Å². The molecule has 0 saturated carbocycles. The highest BCUT2D eigenvalue weighted by Gasteiger charge is 2.09. The van der Waals surface area contributed by atoms with E-state index in [0.717, 1.165) is 45.0 Å². The average Bonchev–Trinajstić information content (AvgIpc) is 2.75. The molecule has 0 unspecified atom stereocenters. The van der Waals surface area contributed by atoms with E-state index >= 15 is 0 Å². The van der Waals surface area contributed by atoms with Gasteiger partial charge in [0.1, 0.15) is 12.4 Å². The van der Waals surface area contributed by atoms with E-state index in [1.54, 1.807) is 0 Å². The Balaban J connectivity index is 1.38. The van der Waals surface area contributed by atoms with Gasteiger partial charge >= 0.3 is 0 Å². The third kappa shape index (κ3) is 10.2. The van der Waals surface area contributed by atoms with E-state index in [9.17, 15) is 0 Å². The van der Waals surface area contributed by atoms with Gasteiger partial charge in [0.15, 0.2) is 0 Å². The lowest BCUT2D eigenvalue weighted by Gasteiger charge is -2.29. The third-order valence-corrected chi connectivity index (χ3v) is 4.28. The number of hydrogen-bond donors (Lipinski definition) is 1. The largest absolute Gasteiger partial charge is 0.491 e. The van der Waals surface area contributed by atoms with Crippen LogP contribution < -0.4 is 15.0 Å². The number of ether oxygens (including phenoxy) is 5. The van der Waals surface area contributed by atoms with Crippen molar-refractivity contribution < 1.29 is 23.7 Å². The lowest BCUT2D eigenvalue weighted by Crippen LogP contribution is -2.43. The topological polar surface area (TPSA) is 61.4 Å². The van der Waals surface area contributed by atoms with Crippen molar-refractivity contribution >= 4 is 5.69 Å². The summed E-state index contributed by atoms with van der Waals surface area (Å²) in [6, 6.07) is 8.28. The first-order valence-electron chi connectivity index (χ1n) is 10.4. The zero-order chi connectivity index (χ0) is 19.7. The van der Waals surface area contributed by atoms with Gasteiger partial charge in [0, 0.05) is 38.5 Å². The molecule has 0 atom stereocenters.